The first-order chi connectivity index (χ1) is 11.8. The SMILES string of the molecule is Cn1cc(C=C2SC(=O)NC2=Nc2cccc(OC(F)(F)F)c2)cn1. The van der Waals surface area contributed by atoms with E-state index >= 15 is 0 Å². The summed E-state index contributed by atoms with van der Waals surface area (Å²) in [6, 6.07) is 5.20. The van der Waals surface area contributed by atoms with Gasteiger partial charge >= 0.3 is 6.36 Å². The summed E-state index contributed by atoms with van der Waals surface area (Å²) in [5.41, 5.74) is 0.986. The molecule has 0 aliphatic carbocycles. The predicted octanol–water partition coefficient (Wildman–Crippen LogP) is 3.85. The van der Waals surface area contributed by atoms with Crippen LogP contribution in [0.15, 0.2) is 46.6 Å². The van der Waals surface area contributed by atoms with E-state index in [2.05, 4.69) is 20.1 Å². The van der Waals surface area contributed by atoms with Crippen LogP contribution in [0.1, 0.15) is 5.56 Å². The van der Waals surface area contributed by atoms with Gasteiger partial charge in [-0.15, -0.1) is 13.2 Å². The van der Waals surface area contributed by atoms with Gasteiger partial charge in [0.05, 0.1) is 16.8 Å². The molecule has 1 fully saturated rings. The van der Waals surface area contributed by atoms with Crippen LogP contribution in [0.25, 0.3) is 6.08 Å². The third-order valence-corrected chi connectivity index (χ3v) is 3.79. The van der Waals surface area contributed by atoms with Crippen molar-refractivity contribution in [3.63, 3.8) is 0 Å². The van der Waals surface area contributed by atoms with Crippen LogP contribution >= 0.6 is 11.8 Å². The molecule has 25 heavy (non-hydrogen) atoms. The quantitative estimate of drug-likeness (QED) is 0.894. The van der Waals surface area contributed by atoms with Crippen LogP contribution in [-0.4, -0.2) is 27.2 Å². The van der Waals surface area contributed by atoms with Gasteiger partial charge in [0.15, 0.2) is 0 Å². The Labute approximate surface area is 144 Å². The number of amidine groups is 1. The summed E-state index contributed by atoms with van der Waals surface area (Å²) in [6.45, 7) is 0. The van der Waals surface area contributed by atoms with Gasteiger partial charge in [-0.2, -0.15) is 5.10 Å². The van der Waals surface area contributed by atoms with Crippen molar-refractivity contribution in [2.75, 3.05) is 0 Å². The smallest absolute Gasteiger partial charge is 0.406 e. The zero-order valence-corrected chi connectivity index (χ0v) is 13.6. The molecular formula is C15H11F3N4O2S. The van der Waals surface area contributed by atoms with Gasteiger partial charge in [-0.25, -0.2) is 4.99 Å². The molecule has 1 aromatic carbocycles. The number of amides is 1. The number of nitrogens with one attached hydrogen (secondary N) is 1. The molecule has 10 heteroatoms. The van der Waals surface area contributed by atoms with Crippen LogP contribution in [0.2, 0.25) is 0 Å². The van der Waals surface area contributed by atoms with Crippen LogP contribution in [-0.2, 0) is 7.05 Å². The number of carbonyl (C=O) groups excluding carboxylic acids is 1. The van der Waals surface area contributed by atoms with Crippen LogP contribution < -0.4 is 10.1 Å². The maximum atomic E-state index is 12.3. The summed E-state index contributed by atoms with van der Waals surface area (Å²) >= 11 is 0.943. The fourth-order valence-electron chi connectivity index (χ4n) is 2.06. The second kappa shape index (κ2) is 6.63. The maximum Gasteiger partial charge on any atom is 0.573 e. The number of ether oxygens (including phenoxy) is 1. The summed E-state index contributed by atoms with van der Waals surface area (Å²) in [4.78, 5) is 16.4. The second-order valence-corrected chi connectivity index (χ2v) is 5.99. The third kappa shape index (κ3) is 4.63. The lowest BCUT2D eigenvalue weighted by molar-refractivity contribution is -0.274. The van der Waals surface area contributed by atoms with Gasteiger partial charge in [-0.1, -0.05) is 6.07 Å². The van der Waals surface area contributed by atoms with E-state index < -0.39 is 6.36 Å². The lowest BCUT2D eigenvalue weighted by Crippen LogP contribution is -2.18. The molecule has 0 radical (unpaired) electrons. The molecule has 1 aromatic heterocycles. The molecule has 130 valence electrons. The number of hydrogen-bond donors (Lipinski definition) is 1. The number of alkyl halides is 3. The van der Waals surface area contributed by atoms with Crippen molar-refractivity contribution in [3.8, 4) is 5.75 Å². The first-order valence-corrected chi connectivity index (χ1v) is 7.74. The fourth-order valence-corrected chi connectivity index (χ4v) is 2.79. The molecule has 0 atom stereocenters. The van der Waals surface area contributed by atoms with E-state index in [1.165, 1.54) is 18.2 Å². The minimum absolute atomic E-state index is 0.219. The van der Waals surface area contributed by atoms with Gasteiger partial charge in [0, 0.05) is 24.9 Å². The van der Waals surface area contributed by atoms with Gasteiger partial charge in [0.2, 0.25) is 0 Å². The number of aryl methyl sites for hydroxylation is 1. The van der Waals surface area contributed by atoms with Crippen LogP contribution in [0.5, 0.6) is 5.75 Å². The molecule has 0 bridgehead atoms. The molecule has 6 nitrogen and oxygen atoms in total. The van der Waals surface area contributed by atoms with Crippen molar-refractivity contribution in [1.82, 2.24) is 15.1 Å². The summed E-state index contributed by atoms with van der Waals surface area (Å²) in [6.07, 6.45) is 0.302. The molecule has 2 aromatic rings. The fraction of sp³-hybridized carbons (Fsp3) is 0.133. The Hall–Kier alpha value is -2.75. The summed E-state index contributed by atoms with van der Waals surface area (Å²) in [7, 11) is 1.76. The second-order valence-electron chi connectivity index (χ2n) is 4.98. The first-order valence-electron chi connectivity index (χ1n) is 6.92. The average Bonchev–Trinajstić information content (AvgIpc) is 3.04. The molecule has 0 spiro atoms. The van der Waals surface area contributed by atoms with Gasteiger partial charge in [-0.05, 0) is 30.0 Å². The number of benzene rings is 1. The van der Waals surface area contributed by atoms with E-state index in [1.807, 2.05) is 0 Å². The molecule has 0 saturated carbocycles. The van der Waals surface area contributed by atoms with E-state index in [0.29, 0.717) is 4.91 Å². The van der Waals surface area contributed by atoms with Crippen LogP contribution in [0.3, 0.4) is 0 Å². The predicted molar refractivity (Wildman–Crippen MR) is 87.5 cm³/mol. The molecule has 1 saturated heterocycles. The number of carbonyl (C=O) groups is 1. The number of thioether (sulfide) groups is 1. The van der Waals surface area contributed by atoms with Crippen LogP contribution in [0, 0.1) is 0 Å². The maximum absolute atomic E-state index is 12.3. The van der Waals surface area contributed by atoms with Crippen molar-refractivity contribution < 1.29 is 22.7 Å². The summed E-state index contributed by atoms with van der Waals surface area (Å²) in [5.74, 6) is -0.132. The highest BCUT2D eigenvalue weighted by Crippen LogP contribution is 2.30. The van der Waals surface area contributed by atoms with Crippen molar-refractivity contribution in [2.45, 2.75) is 6.36 Å². The number of aromatic nitrogens is 2. The Morgan fingerprint density at radius 2 is 2.20 bits per heavy atom. The van der Waals surface area contributed by atoms with Gasteiger partial charge in [0.1, 0.15) is 11.6 Å². The van der Waals surface area contributed by atoms with E-state index in [0.717, 1.165) is 23.4 Å². The molecule has 1 aliphatic heterocycles. The van der Waals surface area contributed by atoms with E-state index in [-0.39, 0.29) is 22.5 Å². The Kier molecular flexibility index (Phi) is 4.53. The average molecular weight is 368 g/mol. The molecule has 3 rings (SSSR count). The molecule has 2 heterocycles. The highest BCUT2D eigenvalue weighted by atomic mass is 32.2. The van der Waals surface area contributed by atoms with Gasteiger partial charge in [-0.3, -0.25) is 9.48 Å². The Balaban J connectivity index is 1.89. The largest absolute Gasteiger partial charge is 0.573 e. The molecular weight excluding hydrogens is 357 g/mol. The number of aliphatic imine (C=N–C) groups is 1. The molecule has 0 unspecified atom stereocenters. The number of rotatable bonds is 3. The van der Waals surface area contributed by atoms with E-state index in [1.54, 1.807) is 30.2 Å². The Morgan fingerprint density at radius 3 is 2.88 bits per heavy atom. The lowest BCUT2D eigenvalue weighted by atomic mass is 10.3. The lowest BCUT2D eigenvalue weighted by Gasteiger charge is -2.09. The number of nitrogens with zero attached hydrogens (tertiary/aromatic N) is 3. The molecule has 1 aliphatic rings. The normalized spacial score (nSPS) is 18.0. The number of halogens is 3. The van der Waals surface area contributed by atoms with E-state index in [4.69, 9.17) is 0 Å². The highest BCUT2D eigenvalue weighted by molar-refractivity contribution is 8.18. The monoisotopic (exact) mass is 368 g/mol. The van der Waals surface area contributed by atoms with Crippen molar-refractivity contribution in [2.24, 2.45) is 12.0 Å². The highest BCUT2D eigenvalue weighted by Gasteiger charge is 2.31. The minimum Gasteiger partial charge on any atom is -0.406 e. The van der Waals surface area contributed by atoms with Gasteiger partial charge in [0.25, 0.3) is 5.24 Å². The van der Waals surface area contributed by atoms with Crippen molar-refractivity contribution in [1.29, 1.82) is 0 Å². The third-order valence-electron chi connectivity index (χ3n) is 2.97. The zero-order chi connectivity index (χ0) is 18.0. The minimum atomic E-state index is -4.78. The first kappa shape index (κ1) is 17.1. The molecule has 1 N–H and O–H groups in total. The van der Waals surface area contributed by atoms with Crippen molar-refractivity contribution in [3.05, 3.63) is 47.1 Å². The Bertz CT molecular complexity index is 874. The van der Waals surface area contributed by atoms with Crippen molar-refractivity contribution >= 4 is 34.6 Å². The number of hydrogen-bond acceptors (Lipinski definition) is 5. The Morgan fingerprint density at radius 1 is 1.40 bits per heavy atom. The zero-order valence-electron chi connectivity index (χ0n) is 12.7. The molecule has 1 amide bonds. The van der Waals surface area contributed by atoms with Crippen LogP contribution in [0.4, 0.5) is 23.7 Å². The van der Waals surface area contributed by atoms with Gasteiger partial charge < -0.3 is 10.1 Å². The topological polar surface area (TPSA) is 68.5 Å². The van der Waals surface area contributed by atoms with E-state index in [9.17, 15) is 18.0 Å². The summed E-state index contributed by atoms with van der Waals surface area (Å²) < 4.78 is 42.4. The standard InChI is InChI=1S/C15H11F3N4O2S/c1-22-8-9(7-19-22)5-12-13(21-14(23)25-12)20-10-3-2-4-11(6-10)24-15(16,17)18/h2-8H,1H3,(H,20,21,23). The summed E-state index contributed by atoms with van der Waals surface area (Å²) in [5, 5.41) is 6.27.